The van der Waals surface area contributed by atoms with Crippen LogP contribution < -0.4 is 10.6 Å². The van der Waals surface area contributed by atoms with Gasteiger partial charge in [-0.2, -0.15) is 8.75 Å². The van der Waals surface area contributed by atoms with E-state index in [-0.39, 0.29) is 5.91 Å². The molecule has 20 heavy (non-hydrogen) atoms. The van der Waals surface area contributed by atoms with Crippen LogP contribution in [0.4, 0.5) is 10.5 Å². The molecule has 0 radical (unpaired) electrons. The van der Waals surface area contributed by atoms with Gasteiger partial charge in [0.2, 0.25) is 0 Å². The molecule has 0 saturated heterocycles. The molecular formula is C12H12N4O3S. The molecule has 1 aromatic heterocycles. The Morgan fingerprint density at radius 2 is 2.05 bits per heavy atom. The maximum absolute atomic E-state index is 11.6. The fourth-order valence-electron chi connectivity index (χ4n) is 1.41. The number of hydrogen-bond acceptors (Lipinski definition) is 6. The highest BCUT2D eigenvalue weighted by atomic mass is 32.1. The summed E-state index contributed by atoms with van der Waals surface area (Å²) in [6.07, 6.45) is 0.894. The molecule has 7 nitrogen and oxygen atoms in total. The van der Waals surface area contributed by atoms with Crippen molar-refractivity contribution < 1.29 is 14.3 Å². The Morgan fingerprint density at radius 1 is 1.30 bits per heavy atom. The number of nitrogens with zero attached hydrogens (tertiary/aromatic N) is 2. The molecule has 0 bridgehead atoms. The van der Waals surface area contributed by atoms with Crippen LogP contribution in [0.1, 0.15) is 16.1 Å². The molecule has 0 aliphatic rings. The Labute approximate surface area is 119 Å². The lowest BCUT2D eigenvalue weighted by Crippen LogP contribution is -2.23. The van der Waals surface area contributed by atoms with Gasteiger partial charge in [0.05, 0.1) is 25.0 Å². The van der Waals surface area contributed by atoms with E-state index in [1.165, 1.54) is 13.3 Å². The normalized spacial score (nSPS) is 9.85. The van der Waals surface area contributed by atoms with Crippen LogP contribution in [0, 0.1) is 0 Å². The van der Waals surface area contributed by atoms with Gasteiger partial charge in [-0.25, -0.2) is 4.79 Å². The van der Waals surface area contributed by atoms with Crippen LogP contribution in [0.2, 0.25) is 0 Å². The SMILES string of the molecule is COC(=O)Nc1ccc(CNC(=O)c2cnsn2)cc1. The van der Waals surface area contributed by atoms with Gasteiger partial charge in [-0.3, -0.25) is 10.1 Å². The fourth-order valence-corrected chi connectivity index (χ4v) is 1.82. The Morgan fingerprint density at radius 3 is 2.65 bits per heavy atom. The van der Waals surface area contributed by atoms with E-state index in [2.05, 4.69) is 24.1 Å². The molecule has 2 N–H and O–H groups in total. The van der Waals surface area contributed by atoms with Crippen molar-refractivity contribution in [2.24, 2.45) is 0 Å². The van der Waals surface area contributed by atoms with Gasteiger partial charge in [0.15, 0.2) is 5.69 Å². The molecule has 2 rings (SSSR count). The Kier molecular flexibility index (Phi) is 4.61. The Bertz CT molecular complexity index is 583. The van der Waals surface area contributed by atoms with E-state index < -0.39 is 6.09 Å². The maximum atomic E-state index is 11.6. The standard InChI is InChI=1S/C12H12N4O3S/c1-19-12(18)15-9-4-2-8(3-5-9)6-13-11(17)10-7-14-20-16-10/h2-5,7H,6H2,1H3,(H,13,17)(H,15,18). The molecule has 0 spiro atoms. The quantitative estimate of drug-likeness (QED) is 0.893. The van der Waals surface area contributed by atoms with Crippen molar-refractivity contribution in [3.05, 3.63) is 41.7 Å². The van der Waals surface area contributed by atoms with Crippen molar-refractivity contribution in [3.63, 3.8) is 0 Å². The van der Waals surface area contributed by atoms with Gasteiger partial charge in [-0.05, 0) is 17.7 Å². The minimum atomic E-state index is -0.526. The van der Waals surface area contributed by atoms with Crippen LogP contribution in [-0.4, -0.2) is 27.9 Å². The van der Waals surface area contributed by atoms with E-state index in [0.717, 1.165) is 17.3 Å². The van der Waals surface area contributed by atoms with E-state index in [0.29, 0.717) is 17.9 Å². The summed E-state index contributed by atoms with van der Waals surface area (Å²) in [6.45, 7) is 0.370. The van der Waals surface area contributed by atoms with Gasteiger partial charge in [0.1, 0.15) is 0 Å². The second-order valence-electron chi connectivity index (χ2n) is 3.79. The first-order valence-corrected chi connectivity index (χ1v) is 6.42. The third-order valence-electron chi connectivity index (χ3n) is 2.43. The van der Waals surface area contributed by atoms with Crippen molar-refractivity contribution in [3.8, 4) is 0 Å². The summed E-state index contributed by atoms with van der Waals surface area (Å²) in [4.78, 5) is 22.7. The molecule has 1 aromatic carbocycles. The maximum Gasteiger partial charge on any atom is 0.411 e. The molecule has 0 fully saturated rings. The lowest BCUT2D eigenvalue weighted by molar-refractivity contribution is 0.0947. The number of hydrogen-bond donors (Lipinski definition) is 2. The smallest absolute Gasteiger partial charge is 0.411 e. The summed E-state index contributed by atoms with van der Waals surface area (Å²) < 4.78 is 12.1. The van der Waals surface area contributed by atoms with Gasteiger partial charge < -0.3 is 10.1 Å². The molecule has 0 saturated carbocycles. The van der Waals surface area contributed by atoms with Crippen LogP contribution in [0.25, 0.3) is 0 Å². The highest BCUT2D eigenvalue weighted by Crippen LogP contribution is 2.10. The third kappa shape index (κ3) is 3.75. The zero-order valence-electron chi connectivity index (χ0n) is 10.6. The van der Waals surface area contributed by atoms with E-state index >= 15 is 0 Å². The topological polar surface area (TPSA) is 93.2 Å². The molecule has 2 amide bonds. The zero-order chi connectivity index (χ0) is 14.4. The summed E-state index contributed by atoms with van der Waals surface area (Å²) >= 11 is 0.986. The van der Waals surface area contributed by atoms with Gasteiger partial charge in [0, 0.05) is 12.2 Å². The lowest BCUT2D eigenvalue weighted by atomic mass is 10.2. The van der Waals surface area contributed by atoms with Crippen LogP contribution in [0.3, 0.4) is 0 Å². The first kappa shape index (κ1) is 13.9. The number of methoxy groups -OCH3 is 1. The molecule has 0 atom stereocenters. The third-order valence-corrected chi connectivity index (χ3v) is 2.91. The van der Waals surface area contributed by atoms with Crippen molar-refractivity contribution in [1.82, 2.24) is 14.1 Å². The Balaban J connectivity index is 1.88. The molecule has 8 heteroatoms. The van der Waals surface area contributed by atoms with E-state index in [9.17, 15) is 9.59 Å². The highest BCUT2D eigenvalue weighted by molar-refractivity contribution is 6.99. The van der Waals surface area contributed by atoms with Crippen molar-refractivity contribution in [2.45, 2.75) is 6.54 Å². The molecule has 0 aliphatic heterocycles. The van der Waals surface area contributed by atoms with Gasteiger partial charge >= 0.3 is 6.09 Å². The van der Waals surface area contributed by atoms with Gasteiger partial charge in [-0.1, -0.05) is 12.1 Å². The number of anilines is 1. The van der Waals surface area contributed by atoms with Crippen LogP contribution >= 0.6 is 11.7 Å². The second kappa shape index (κ2) is 6.62. The molecular weight excluding hydrogens is 280 g/mol. The molecule has 0 unspecified atom stereocenters. The number of rotatable bonds is 4. The molecule has 0 aliphatic carbocycles. The minimum absolute atomic E-state index is 0.268. The molecule has 1 heterocycles. The summed E-state index contributed by atoms with van der Waals surface area (Å²) in [7, 11) is 1.30. The van der Waals surface area contributed by atoms with E-state index in [1.54, 1.807) is 24.3 Å². The number of amides is 2. The average Bonchev–Trinajstić information content (AvgIpc) is 3.00. The second-order valence-corrected chi connectivity index (χ2v) is 4.35. The lowest BCUT2D eigenvalue weighted by Gasteiger charge is -2.06. The summed E-state index contributed by atoms with van der Waals surface area (Å²) in [5.41, 5.74) is 1.83. The van der Waals surface area contributed by atoms with Crippen LogP contribution in [-0.2, 0) is 11.3 Å². The first-order valence-electron chi connectivity index (χ1n) is 5.68. The number of ether oxygens (including phenoxy) is 1. The fraction of sp³-hybridized carbons (Fsp3) is 0.167. The largest absolute Gasteiger partial charge is 0.453 e. The van der Waals surface area contributed by atoms with Crippen molar-refractivity contribution >= 4 is 29.4 Å². The van der Waals surface area contributed by atoms with E-state index in [1.807, 2.05) is 0 Å². The number of benzene rings is 1. The Hall–Kier alpha value is -2.48. The average molecular weight is 292 g/mol. The van der Waals surface area contributed by atoms with Gasteiger partial charge in [-0.15, -0.1) is 0 Å². The predicted molar refractivity (Wildman–Crippen MR) is 73.5 cm³/mol. The predicted octanol–water partition coefficient (Wildman–Crippen LogP) is 1.65. The zero-order valence-corrected chi connectivity index (χ0v) is 11.4. The number of carbonyl (C=O) groups is 2. The van der Waals surface area contributed by atoms with Crippen LogP contribution in [0.5, 0.6) is 0 Å². The summed E-state index contributed by atoms with van der Waals surface area (Å²) in [5, 5.41) is 5.27. The highest BCUT2D eigenvalue weighted by Gasteiger charge is 2.08. The van der Waals surface area contributed by atoms with Crippen molar-refractivity contribution in [1.29, 1.82) is 0 Å². The van der Waals surface area contributed by atoms with E-state index in [4.69, 9.17) is 0 Å². The summed E-state index contributed by atoms with van der Waals surface area (Å²) in [5.74, 6) is -0.268. The minimum Gasteiger partial charge on any atom is -0.453 e. The first-order chi connectivity index (χ1) is 9.69. The van der Waals surface area contributed by atoms with Crippen molar-refractivity contribution in [2.75, 3.05) is 12.4 Å². The molecule has 104 valence electrons. The van der Waals surface area contributed by atoms with Crippen LogP contribution in [0.15, 0.2) is 30.5 Å². The number of aromatic nitrogens is 2. The monoisotopic (exact) mass is 292 g/mol. The summed E-state index contributed by atoms with van der Waals surface area (Å²) in [6, 6.07) is 7.04. The van der Waals surface area contributed by atoms with Gasteiger partial charge in [0.25, 0.3) is 5.91 Å². The number of nitrogens with one attached hydrogen (secondary N) is 2. The number of carbonyl (C=O) groups excluding carboxylic acids is 2. The molecule has 2 aromatic rings.